The van der Waals surface area contributed by atoms with E-state index in [1.54, 1.807) is 32.9 Å². The maximum Gasteiger partial charge on any atom is 0.251 e. The van der Waals surface area contributed by atoms with Crippen LogP contribution in [0.1, 0.15) is 63.2 Å². The molecule has 0 saturated heterocycles. The van der Waals surface area contributed by atoms with Crippen LogP contribution in [0.4, 0.5) is 0 Å². The molecular formula is C17H26N2O3S. The van der Waals surface area contributed by atoms with Gasteiger partial charge in [-0.2, -0.15) is 0 Å². The number of amides is 1. The van der Waals surface area contributed by atoms with Crippen molar-refractivity contribution in [1.29, 1.82) is 0 Å². The molecule has 1 fully saturated rings. The van der Waals surface area contributed by atoms with Crippen LogP contribution >= 0.6 is 0 Å². The molecule has 0 unspecified atom stereocenters. The van der Waals surface area contributed by atoms with Crippen molar-refractivity contribution in [2.75, 3.05) is 0 Å². The Labute approximate surface area is 138 Å². The van der Waals surface area contributed by atoms with Gasteiger partial charge in [0, 0.05) is 17.1 Å². The van der Waals surface area contributed by atoms with E-state index in [2.05, 4.69) is 10.0 Å². The number of carbonyl (C=O) groups excluding carboxylic acids is 1. The molecule has 128 valence electrons. The largest absolute Gasteiger partial charge is 0.349 e. The van der Waals surface area contributed by atoms with E-state index in [9.17, 15) is 13.2 Å². The van der Waals surface area contributed by atoms with E-state index < -0.39 is 15.6 Å². The number of carbonyl (C=O) groups is 1. The predicted octanol–water partition coefficient (Wildman–Crippen LogP) is 2.83. The Morgan fingerprint density at radius 3 is 2.13 bits per heavy atom. The molecule has 0 aliphatic heterocycles. The summed E-state index contributed by atoms with van der Waals surface area (Å²) in [5, 5.41) is 3.03. The lowest BCUT2D eigenvalue weighted by atomic mass is 9.95. The quantitative estimate of drug-likeness (QED) is 0.886. The molecule has 1 aliphatic rings. The van der Waals surface area contributed by atoms with Crippen molar-refractivity contribution < 1.29 is 13.2 Å². The van der Waals surface area contributed by atoms with Gasteiger partial charge in [-0.25, -0.2) is 13.1 Å². The molecule has 1 aromatic rings. The normalized spacial score (nSPS) is 17.0. The summed E-state index contributed by atoms with van der Waals surface area (Å²) in [6.45, 7) is 5.36. The van der Waals surface area contributed by atoms with E-state index in [1.165, 1.54) is 18.6 Å². The van der Waals surface area contributed by atoms with Gasteiger partial charge in [0.1, 0.15) is 0 Å². The lowest BCUT2D eigenvalue weighted by Gasteiger charge is -2.23. The Bertz CT molecular complexity index is 639. The summed E-state index contributed by atoms with van der Waals surface area (Å²) in [4.78, 5) is 12.4. The summed E-state index contributed by atoms with van der Waals surface area (Å²) in [7, 11) is -3.57. The minimum Gasteiger partial charge on any atom is -0.349 e. The summed E-state index contributed by atoms with van der Waals surface area (Å²) in [6.07, 6.45) is 5.59. The number of sulfonamides is 1. The van der Waals surface area contributed by atoms with E-state index >= 15 is 0 Å². The molecule has 1 aromatic carbocycles. The van der Waals surface area contributed by atoms with Crippen molar-refractivity contribution in [2.45, 2.75) is 69.4 Å². The standard InChI is InChI=1S/C17H26N2O3S/c1-17(2,3)19-23(21,22)15-11-9-13(10-12-15)16(20)18-14-7-5-4-6-8-14/h9-12,14,19H,4-8H2,1-3H3,(H,18,20). The van der Waals surface area contributed by atoms with Crippen LogP contribution in [0.3, 0.4) is 0 Å². The third-order valence-corrected chi connectivity index (χ3v) is 5.58. The number of hydrogen-bond acceptors (Lipinski definition) is 3. The first-order valence-corrected chi connectivity index (χ1v) is 9.61. The number of nitrogens with one attached hydrogen (secondary N) is 2. The molecule has 23 heavy (non-hydrogen) atoms. The maximum atomic E-state index is 12.2. The van der Waals surface area contributed by atoms with Gasteiger partial charge in [-0.3, -0.25) is 4.79 Å². The molecular weight excluding hydrogens is 312 g/mol. The highest BCUT2D eigenvalue weighted by atomic mass is 32.2. The van der Waals surface area contributed by atoms with Crippen LogP contribution in [0.25, 0.3) is 0 Å². The molecule has 1 aliphatic carbocycles. The molecule has 0 atom stereocenters. The lowest BCUT2D eigenvalue weighted by Crippen LogP contribution is -2.40. The Balaban J connectivity index is 2.05. The molecule has 2 rings (SSSR count). The first-order chi connectivity index (χ1) is 10.7. The van der Waals surface area contributed by atoms with E-state index in [1.807, 2.05) is 0 Å². The monoisotopic (exact) mass is 338 g/mol. The van der Waals surface area contributed by atoms with Crippen molar-refractivity contribution in [1.82, 2.24) is 10.0 Å². The van der Waals surface area contributed by atoms with Crippen molar-refractivity contribution in [3.63, 3.8) is 0 Å². The Kier molecular flexibility index (Phi) is 5.47. The fourth-order valence-electron chi connectivity index (χ4n) is 2.76. The molecule has 0 aromatic heterocycles. The molecule has 6 heteroatoms. The fraction of sp³-hybridized carbons (Fsp3) is 0.588. The van der Waals surface area contributed by atoms with Crippen LogP contribution < -0.4 is 10.0 Å². The minimum atomic E-state index is -3.57. The van der Waals surface area contributed by atoms with E-state index in [4.69, 9.17) is 0 Å². The molecule has 0 bridgehead atoms. The van der Waals surface area contributed by atoms with Gasteiger partial charge in [0.25, 0.3) is 5.91 Å². The van der Waals surface area contributed by atoms with E-state index in [-0.39, 0.29) is 16.8 Å². The van der Waals surface area contributed by atoms with Crippen LogP contribution in [0.5, 0.6) is 0 Å². The molecule has 0 radical (unpaired) electrons. The summed E-state index contributed by atoms with van der Waals surface area (Å²) in [5.74, 6) is -0.135. The average Bonchev–Trinajstić information content (AvgIpc) is 2.46. The lowest BCUT2D eigenvalue weighted by molar-refractivity contribution is 0.0927. The van der Waals surface area contributed by atoms with Crippen molar-refractivity contribution >= 4 is 15.9 Å². The topological polar surface area (TPSA) is 75.3 Å². The van der Waals surface area contributed by atoms with E-state index in [0.29, 0.717) is 5.56 Å². The average molecular weight is 338 g/mol. The zero-order valence-electron chi connectivity index (χ0n) is 14.1. The number of rotatable bonds is 4. The second kappa shape index (κ2) is 7.01. The fourth-order valence-corrected chi connectivity index (χ4v) is 4.18. The SMILES string of the molecule is CC(C)(C)NS(=O)(=O)c1ccc(C(=O)NC2CCCCC2)cc1. The van der Waals surface area contributed by atoms with Gasteiger partial charge in [0.2, 0.25) is 10.0 Å². The molecule has 1 amide bonds. The predicted molar refractivity (Wildman–Crippen MR) is 90.9 cm³/mol. The molecule has 2 N–H and O–H groups in total. The van der Waals surface area contributed by atoms with Gasteiger partial charge in [0.05, 0.1) is 4.90 Å². The van der Waals surface area contributed by atoms with Crippen LogP contribution in [-0.2, 0) is 10.0 Å². The first-order valence-electron chi connectivity index (χ1n) is 8.12. The van der Waals surface area contributed by atoms with Crippen LogP contribution in [0, 0.1) is 0 Å². The number of hydrogen-bond donors (Lipinski definition) is 2. The maximum absolute atomic E-state index is 12.2. The zero-order valence-corrected chi connectivity index (χ0v) is 14.9. The van der Waals surface area contributed by atoms with Gasteiger partial charge in [-0.1, -0.05) is 19.3 Å². The minimum absolute atomic E-state index is 0.135. The third kappa shape index (κ3) is 5.32. The van der Waals surface area contributed by atoms with Crippen molar-refractivity contribution in [3.05, 3.63) is 29.8 Å². The van der Waals surface area contributed by atoms with Gasteiger partial charge in [-0.05, 0) is 57.9 Å². The highest BCUT2D eigenvalue weighted by Gasteiger charge is 2.22. The Morgan fingerprint density at radius 1 is 1.04 bits per heavy atom. The summed E-state index contributed by atoms with van der Waals surface area (Å²) < 4.78 is 27.1. The highest BCUT2D eigenvalue weighted by molar-refractivity contribution is 7.89. The third-order valence-electron chi connectivity index (χ3n) is 3.81. The molecule has 5 nitrogen and oxygen atoms in total. The molecule has 0 spiro atoms. The summed E-state index contributed by atoms with van der Waals surface area (Å²) in [6, 6.07) is 6.32. The molecule has 1 saturated carbocycles. The van der Waals surface area contributed by atoms with E-state index in [0.717, 1.165) is 25.7 Å². The van der Waals surface area contributed by atoms with Crippen molar-refractivity contribution in [2.24, 2.45) is 0 Å². The highest BCUT2D eigenvalue weighted by Crippen LogP contribution is 2.18. The smallest absolute Gasteiger partial charge is 0.251 e. The van der Waals surface area contributed by atoms with Gasteiger partial charge in [-0.15, -0.1) is 0 Å². The van der Waals surface area contributed by atoms with Gasteiger partial charge in [0.15, 0.2) is 0 Å². The van der Waals surface area contributed by atoms with Crippen molar-refractivity contribution in [3.8, 4) is 0 Å². The second-order valence-corrected chi connectivity index (χ2v) is 8.87. The first kappa shape index (κ1) is 17.9. The summed E-state index contributed by atoms with van der Waals surface area (Å²) >= 11 is 0. The summed E-state index contributed by atoms with van der Waals surface area (Å²) in [5.41, 5.74) is -0.0548. The van der Waals surface area contributed by atoms with Crippen LogP contribution in [-0.4, -0.2) is 25.9 Å². The zero-order chi connectivity index (χ0) is 17.1. The van der Waals surface area contributed by atoms with Crippen LogP contribution in [0.2, 0.25) is 0 Å². The Morgan fingerprint density at radius 2 is 1.61 bits per heavy atom. The van der Waals surface area contributed by atoms with Crippen LogP contribution in [0.15, 0.2) is 29.2 Å². The van der Waals surface area contributed by atoms with Gasteiger partial charge >= 0.3 is 0 Å². The Hall–Kier alpha value is -1.40. The number of benzene rings is 1. The van der Waals surface area contributed by atoms with Gasteiger partial charge < -0.3 is 5.32 Å². The second-order valence-electron chi connectivity index (χ2n) is 7.19. The molecule has 0 heterocycles.